The molecular formula is C29H31N5O3. The van der Waals surface area contributed by atoms with E-state index in [0.29, 0.717) is 11.1 Å². The Kier molecular flexibility index (Phi) is 7.24. The van der Waals surface area contributed by atoms with Crippen molar-refractivity contribution in [3.8, 4) is 6.07 Å². The summed E-state index contributed by atoms with van der Waals surface area (Å²) in [5.74, 6) is -0.678. The summed E-state index contributed by atoms with van der Waals surface area (Å²) in [7, 11) is 0. The van der Waals surface area contributed by atoms with E-state index in [1.165, 1.54) is 5.56 Å². The number of nitrogens with zero attached hydrogens (tertiary/aromatic N) is 3. The van der Waals surface area contributed by atoms with Crippen LogP contribution in [0.4, 0.5) is 5.69 Å². The second kappa shape index (κ2) is 10.9. The van der Waals surface area contributed by atoms with Gasteiger partial charge in [0, 0.05) is 60.8 Å². The molecule has 1 aliphatic heterocycles. The van der Waals surface area contributed by atoms with Crippen molar-refractivity contribution in [3.63, 3.8) is 0 Å². The summed E-state index contributed by atoms with van der Waals surface area (Å²) in [6, 6.07) is 15.7. The van der Waals surface area contributed by atoms with Gasteiger partial charge in [-0.2, -0.15) is 5.26 Å². The van der Waals surface area contributed by atoms with E-state index in [-0.39, 0.29) is 18.1 Å². The molecule has 1 saturated heterocycles. The number of furan rings is 1. The number of rotatable bonds is 8. The van der Waals surface area contributed by atoms with Crippen LogP contribution in [0.3, 0.4) is 0 Å². The Bertz CT molecular complexity index is 1470. The molecule has 0 aliphatic carbocycles. The minimum absolute atomic E-state index is 0.150. The maximum Gasteiger partial charge on any atom is 0.293 e. The number of aryl methyl sites for hydroxylation is 1. The van der Waals surface area contributed by atoms with Crippen molar-refractivity contribution in [3.05, 3.63) is 65.5 Å². The number of aromatic amines is 1. The van der Waals surface area contributed by atoms with Gasteiger partial charge in [-0.1, -0.05) is 6.92 Å². The van der Waals surface area contributed by atoms with Crippen LogP contribution in [0.1, 0.15) is 47.9 Å². The second-order valence-corrected chi connectivity index (χ2v) is 9.54. The fourth-order valence-electron chi connectivity index (χ4n) is 4.95. The molecule has 0 saturated carbocycles. The van der Waals surface area contributed by atoms with E-state index >= 15 is 0 Å². The Labute approximate surface area is 215 Å². The minimum Gasteiger partial charge on any atom is -0.451 e. The van der Waals surface area contributed by atoms with Crippen molar-refractivity contribution < 1.29 is 14.0 Å². The third-order valence-electron chi connectivity index (χ3n) is 7.10. The smallest absolute Gasteiger partial charge is 0.293 e. The van der Waals surface area contributed by atoms with Crippen LogP contribution in [0.5, 0.6) is 0 Å². The Morgan fingerprint density at radius 3 is 2.70 bits per heavy atom. The highest BCUT2D eigenvalue weighted by Crippen LogP contribution is 2.26. The summed E-state index contributed by atoms with van der Waals surface area (Å²) in [5, 5.41) is 13.5. The number of anilines is 1. The van der Waals surface area contributed by atoms with Gasteiger partial charge in [-0.3, -0.25) is 19.8 Å². The molecule has 4 aromatic rings. The summed E-state index contributed by atoms with van der Waals surface area (Å²) in [6.07, 6.45) is 5.57. The maximum absolute atomic E-state index is 12.2. The molecule has 2 amide bonds. The lowest BCUT2D eigenvalue weighted by molar-refractivity contribution is -0.119. The van der Waals surface area contributed by atoms with Crippen molar-refractivity contribution in [2.45, 2.75) is 32.6 Å². The van der Waals surface area contributed by atoms with Crippen molar-refractivity contribution in [2.24, 2.45) is 0 Å². The van der Waals surface area contributed by atoms with Gasteiger partial charge < -0.3 is 14.3 Å². The number of piperazine rings is 1. The Morgan fingerprint density at radius 1 is 1.08 bits per heavy atom. The van der Waals surface area contributed by atoms with Crippen LogP contribution in [-0.2, 0) is 11.2 Å². The van der Waals surface area contributed by atoms with Crippen LogP contribution in [0.25, 0.3) is 21.9 Å². The number of unbranched alkanes of at least 4 members (excludes halogenated alkanes) is 1. The summed E-state index contributed by atoms with van der Waals surface area (Å²) < 4.78 is 5.64. The number of carbonyl (C=O) groups is 2. The van der Waals surface area contributed by atoms with Gasteiger partial charge in [0.15, 0.2) is 5.76 Å². The molecule has 0 spiro atoms. The molecule has 2 N–H and O–H groups in total. The Morgan fingerprint density at radius 2 is 1.92 bits per heavy atom. The standard InChI is InChI=1S/C29H31N5O3/c1-2-28(35)32-29(36)27-17-22-16-23(7-9-26(22)37-27)34-13-11-33(12-14-34)10-4-3-5-21-19-31-25-8-6-20(18-30)15-24(21)25/h6-9,15-17,19,31H,2-5,10-14H2,1H3,(H,32,35,36). The van der Waals surface area contributed by atoms with Gasteiger partial charge in [-0.15, -0.1) is 0 Å². The van der Waals surface area contributed by atoms with Crippen LogP contribution < -0.4 is 10.2 Å². The first-order valence-corrected chi connectivity index (χ1v) is 12.9. The molecule has 0 radical (unpaired) electrons. The van der Waals surface area contributed by atoms with Crippen molar-refractivity contribution in [1.82, 2.24) is 15.2 Å². The molecule has 3 heterocycles. The molecule has 1 aliphatic rings. The van der Waals surface area contributed by atoms with Crippen molar-refractivity contribution in [1.29, 1.82) is 5.26 Å². The summed E-state index contributed by atoms with van der Waals surface area (Å²) in [6.45, 7) is 6.69. The van der Waals surface area contributed by atoms with Crippen LogP contribution >= 0.6 is 0 Å². The number of hydrogen-bond acceptors (Lipinski definition) is 6. The zero-order chi connectivity index (χ0) is 25.8. The molecule has 2 aromatic carbocycles. The number of nitrogens with one attached hydrogen (secondary N) is 2. The number of aromatic nitrogens is 1. The van der Waals surface area contributed by atoms with Gasteiger partial charge >= 0.3 is 0 Å². The molecular weight excluding hydrogens is 466 g/mol. The monoisotopic (exact) mass is 497 g/mol. The molecule has 1 fully saturated rings. The van der Waals surface area contributed by atoms with Crippen LogP contribution in [0.15, 0.2) is 53.1 Å². The molecule has 8 heteroatoms. The molecule has 0 bridgehead atoms. The van der Waals surface area contributed by atoms with E-state index in [4.69, 9.17) is 4.42 Å². The lowest BCUT2D eigenvalue weighted by Crippen LogP contribution is -2.46. The summed E-state index contributed by atoms with van der Waals surface area (Å²) in [4.78, 5) is 31.9. The highest BCUT2D eigenvalue weighted by Gasteiger charge is 2.19. The number of carbonyl (C=O) groups excluding carboxylic acids is 2. The first kappa shape index (κ1) is 24.6. The highest BCUT2D eigenvalue weighted by atomic mass is 16.3. The van der Waals surface area contributed by atoms with Crippen molar-refractivity contribution in [2.75, 3.05) is 37.6 Å². The zero-order valence-electron chi connectivity index (χ0n) is 21.0. The predicted molar refractivity (Wildman–Crippen MR) is 144 cm³/mol. The fraction of sp³-hybridized carbons (Fsp3) is 0.345. The molecule has 37 heavy (non-hydrogen) atoms. The van der Waals surface area contributed by atoms with Gasteiger partial charge in [0.05, 0.1) is 11.6 Å². The molecule has 0 unspecified atom stereocenters. The average Bonchev–Trinajstić information content (AvgIpc) is 3.54. The third kappa shape index (κ3) is 5.52. The van der Waals surface area contributed by atoms with E-state index in [9.17, 15) is 14.9 Å². The topological polar surface area (TPSA) is 105 Å². The number of fused-ring (bicyclic) bond motifs is 2. The molecule has 0 atom stereocenters. The van der Waals surface area contributed by atoms with Crippen LogP contribution in [-0.4, -0.2) is 54.4 Å². The number of nitriles is 1. The number of amides is 2. The average molecular weight is 498 g/mol. The zero-order valence-corrected chi connectivity index (χ0v) is 21.0. The lowest BCUT2D eigenvalue weighted by Gasteiger charge is -2.36. The molecule has 2 aromatic heterocycles. The van der Waals surface area contributed by atoms with Gasteiger partial charge in [0.25, 0.3) is 5.91 Å². The predicted octanol–water partition coefficient (Wildman–Crippen LogP) is 4.60. The van der Waals surface area contributed by atoms with E-state index in [0.717, 1.165) is 74.0 Å². The summed E-state index contributed by atoms with van der Waals surface area (Å²) in [5.41, 5.74) is 4.82. The second-order valence-electron chi connectivity index (χ2n) is 9.54. The van der Waals surface area contributed by atoms with Crippen LogP contribution in [0, 0.1) is 11.3 Å². The maximum atomic E-state index is 12.2. The van der Waals surface area contributed by atoms with E-state index in [1.807, 2.05) is 36.4 Å². The number of benzene rings is 2. The van der Waals surface area contributed by atoms with Crippen molar-refractivity contribution >= 4 is 39.4 Å². The summed E-state index contributed by atoms with van der Waals surface area (Å²) >= 11 is 0. The largest absolute Gasteiger partial charge is 0.451 e. The molecule has 8 nitrogen and oxygen atoms in total. The Balaban J connectivity index is 1.10. The molecule has 190 valence electrons. The Hall–Kier alpha value is -4.09. The normalized spacial score (nSPS) is 14.2. The number of H-pyrrole nitrogens is 1. The van der Waals surface area contributed by atoms with E-state index < -0.39 is 5.91 Å². The number of imide groups is 1. The minimum atomic E-state index is -0.505. The SMILES string of the molecule is CCC(=O)NC(=O)c1cc2cc(N3CCN(CCCCc4c[nH]c5ccc(C#N)cc45)CC3)ccc2o1. The first-order chi connectivity index (χ1) is 18.0. The third-order valence-corrected chi connectivity index (χ3v) is 7.10. The van der Waals surface area contributed by atoms with E-state index in [2.05, 4.69) is 32.4 Å². The van der Waals surface area contributed by atoms with Gasteiger partial charge in [-0.05, 0) is 73.8 Å². The van der Waals surface area contributed by atoms with E-state index in [1.54, 1.807) is 13.0 Å². The quantitative estimate of drug-likeness (QED) is 0.345. The highest BCUT2D eigenvalue weighted by molar-refractivity contribution is 6.05. The number of hydrogen-bond donors (Lipinski definition) is 2. The van der Waals surface area contributed by atoms with Gasteiger partial charge in [0.1, 0.15) is 5.58 Å². The van der Waals surface area contributed by atoms with Gasteiger partial charge in [-0.25, -0.2) is 0 Å². The fourth-order valence-corrected chi connectivity index (χ4v) is 4.95. The first-order valence-electron chi connectivity index (χ1n) is 12.9. The lowest BCUT2D eigenvalue weighted by atomic mass is 10.1. The van der Waals surface area contributed by atoms with Gasteiger partial charge in [0.2, 0.25) is 5.91 Å². The molecule has 5 rings (SSSR count). The van der Waals surface area contributed by atoms with Crippen LogP contribution in [0.2, 0.25) is 0 Å².